The highest BCUT2D eigenvalue weighted by molar-refractivity contribution is 7.17. The summed E-state index contributed by atoms with van der Waals surface area (Å²) in [5.41, 5.74) is 14.9. The van der Waals surface area contributed by atoms with Crippen molar-refractivity contribution in [2.24, 2.45) is 0 Å². The van der Waals surface area contributed by atoms with Gasteiger partial charge in [0.05, 0.1) is 15.9 Å². The van der Waals surface area contributed by atoms with E-state index >= 15 is 0 Å². The molecule has 2 nitrogen and oxygen atoms in total. The zero-order chi connectivity index (χ0) is 36.0. The number of fused-ring (bicyclic) bond motifs is 4. The van der Waals surface area contributed by atoms with Crippen molar-refractivity contribution in [2.45, 2.75) is 105 Å². The van der Waals surface area contributed by atoms with Crippen molar-refractivity contribution in [3.63, 3.8) is 0 Å². The van der Waals surface area contributed by atoms with Crippen LogP contribution in [0.5, 0.6) is 0 Å². The number of hydrogen-bond donors (Lipinski definition) is 1. The van der Waals surface area contributed by atoms with Crippen molar-refractivity contribution in [2.75, 3.05) is 0 Å². The molecule has 0 spiro atoms. The van der Waals surface area contributed by atoms with Crippen molar-refractivity contribution in [1.29, 1.82) is 0 Å². The van der Waals surface area contributed by atoms with E-state index in [4.69, 9.17) is 4.98 Å². The van der Waals surface area contributed by atoms with Crippen molar-refractivity contribution in [1.82, 2.24) is 9.97 Å². The van der Waals surface area contributed by atoms with Crippen LogP contribution < -0.4 is 0 Å². The van der Waals surface area contributed by atoms with E-state index in [1.54, 1.807) is 11.3 Å². The van der Waals surface area contributed by atoms with Gasteiger partial charge in [0.15, 0.2) is 0 Å². The van der Waals surface area contributed by atoms with E-state index in [1.807, 2.05) is 6.20 Å². The van der Waals surface area contributed by atoms with Crippen molar-refractivity contribution >= 4 is 43.2 Å². The van der Waals surface area contributed by atoms with E-state index in [2.05, 4.69) is 172 Å². The monoisotopic (exact) mass is 676 g/mol. The van der Waals surface area contributed by atoms with E-state index in [0.717, 1.165) is 5.69 Å². The Morgan fingerprint density at radius 2 is 1.04 bits per heavy atom. The van der Waals surface area contributed by atoms with Gasteiger partial charge in [0.25, 0.3) is 0 Å². The first-order valence-electron chi connectivity index (χ1n) is 18.0. The van der Waals surface area contributed by atoms with Gasteiger partial charge < -0.3 is 4.98 Å². The Kier molecular flexibility index (Phi) is 7.99. The molecule has 0 aliphatic heterocycles. The number of nitrogens with zero attached hydrogens (tertiary/aromatic N) is 1. The summed E-state index contributed by atoms with van der Waals surface area (Å²) in [6.07, 6.45) is 1.95. The third-order valence-corrected chi connectivity index (χ3v) is 11.3. The Balaban J connectivity index is 1.52. The molecule has 256 valence electrons. The predicted molar refractivity (Wildman–Crippen MR) is 220 cm³/mol. The molecule has 0 amide bonds. The SMILES string of the molecule is CC(C)(C)c1cc(-c2cc(-c3nccc4ccsc34)cc(C(C)(C)C)c2)cc(-c2cc(C(C)(C)C)cc3c2[nH]c2ccc(C(C)(C)C)cc23)c1. The number of benzene rings is 4. The van der Waals surface area contributed by atoms with Crippen LogP contribution in [-0.2, 0) is 21.7 Å². The zero-order valence-electron chi connectivity index (χ0n) is 32.0. The van der Waals surface area contributed by atoms with Gasteiger partial charge in [0.1, 0.15) is 0 Å². The second kappa shape index (κ2) is 11.7. The van der Waals surface area contributed by atoms with E-state index in [1.165, 1.54) is 82.0 Å². The molecule has 3 heteroatoms. The Hall–Kier alpha value is -4.21. The molecule has 7 aromatic rings. The number of pyridine rings is 1. The lowest BCUT2D eigenvalue weighted by atomic mass is 9.80. The van der Waals surface area contributed by atoms with Crippen LogP contribution in [0.3, 0.4) is 0 Å². The quantitative estimate of drug-likeness (QED) is 0.198. The Morgan fingerprint density at radius 3 is 1.66 bits per heavy atom. The first-order valence-corrected chi connectivity index (χ1v) is 18.9. The number of hydrogen-bond acceptors (Lipinski definition) is 2. The van der Waals surface area contributed by atoms with Crippen LogP contribution >= 0.6 is 11.3 Å². The Morgan fingerprint density at radius 1 is 0.500 bits per heavy atom. The molecule has 0 radical (unpaired) electrons. The third kappa shape index (κ3) is 6.30. The van der Waals surface area contributed by atoms with Crippen molar-refractivity contribution in [3.05, 3.63) is 113 Å². The molecule has 0 bridgehead atoms. The zero-order valence-corrected chi connectivity index (χ0v) is 32.8. The largest absolute Gasteiger partial charge is 0.354 e. The van der Waals surface area contributed by atoms with Gasteiger partial charge in [0.2, 0.25) is 0 Å². The number of nitrogens with one attached hydrogen (secondary N) is 1. The van der Waals surface area contributed by atoms with Crippen molar-refractivity contribution in [3.8, 4) is 33.5 Å². The van der Waals surface area contributed by atoms with Gasteiger partial charge in [-0.25, -0.2) is 0 Å². The first kappa shape index (κ1) is 34.2. The maximum atomic E-state index is 4.94. The van der Waals surface area contributed by atoms with E-state index < -0.39 is 0 Å². The van der Waals surface area contributed by atoms with Crippen LogP contribution in [0, 0.1) is 0 Å². The highest BCUT2D eigenvalue weighted by atomic mass is 32.1. The summed E-state index contributed by atoms with van der Waals surface area (Å²) < 4.78 is 1.24. The van der Waals surface area contributed by atoms with Crippen LogP contribution in [-0.4, -0.2) is 9.97 Å². The fourth-order valence-corrected chi connectivity index (χ4v) is 7.88. The second-order valence-corrected chi connectivity index (χ2v) is 19.3. The van der Waals surface area contributed by atoms with E-state index in [0.29, 0.717) is 0 Å². The fraction of sp³-hybridized carbons (Fsp3) is 0.340. The van der Waals surface area contributed by atoms with Gasteiger partial charge in [-0.2, -0.15) is 0 Å². The molecule has 0 aliphatic carbocycles. The summed E-state index contributed by atoms with van der Waals surface area (Å²) in [6.45, 7) is 27.8. The van der Waals surface area contributed by atoms with E-state index in [-0.39, 0.29) is 21.7 Å². The average molecular weight is 677 g/mol. The molecule has 1 N–H and O–H groups in total. The molecule has 0 fully saturated rings. The minimum atomic E-state index is -0.0395. The van der Waals surface area contributed by atoms with Crippen molar-refractivity contribution < 1.29 is 0 Å². The lowest BCUT2D eigenvalue weighted by molar-refractivity contribution is 0.589. The minimum Gasteiger partial charge on any atom is -0.354 e. The van der Waals surface area contributed by atoms with Gasteiger partial charge >= 0.3 is 0 Å². The summed E-state index contributed by atoms with van der Waals surface area (Å²) >= 11 is 1.77. The summed E-state index contributed by atoms with van der Waals surface area (Å²) in [5, 5.41) is 6.01. The molecule has 3 aromatic heterocycles. The molecule has 0 aliphatic rings. The topological polar surface area (TPSA) is 28.7 Å². The summed E-state index contributed by atoms with van der Waals surface area (Å²) in [7, 11) is 0. The lowest BCUT2D eigenvalue weighted by Crippen LogP contribution is -2.13. The molecular formula is C47H52N2S. The number of H-pyrrole nitrogens is 1. The smallest absolute Gasteiger partial charge is 0.0880 e. The molecular weight excluding hydrogens is 625 g/mol. The fourth-order valence-electron chi connectivity index (χ4n) is 6.97. The standard InChI is InChI=1S/C47H52N2S/c1-44(2,3)33-13-14-40-38(25-33)39-27-36(47(10,11)12)26-37(42(39)49-40)31-19-29(21-34(23-31)45(4,5)6)30-20-32(24-35(22-30)46(7,8)9)41-43-28(15-17-48-41)16-18-50-43/h13-27,49H,1-12H3. The van der Waals surface area contributed by atoms with Crippen LogP contribution in [0.1, 0.15) is 105 Å². The number of aromatic amines is 1. The van der Waals surface area contributed by atoms with Gasteiger partial charge in [0, 0.05) is 33.6 Å². The molecule has 0 atom stereocenters. The molecule has 7 rings (SSSR count). The molecule has 3 heterocycles. The lowest BCUT2D eigenvalue weighted by Gasteiger charge is -2.25. The van der Waals surface area contributed by atoms with Crippen LogP contribution in [0.25, 0.3) is 65.4 Å². The van der Waals surface area contributed by atoms with Crippen LogP contribution in [0.4, 0.5) is 0 Å². The molecule has 0 unspecified atom stereocenters. The maximum absolute atomic E-state index is 4.94. The van der Waals surface area contributed by atoms with Crippen LogP contribution in [0.2, 0.25) is 0 Å². The van der Waals surface area contributed by atoms with Gasteiger partial charge in [-0.15, -0.1) is 11.3 Å². The first-order chi connectivity index (χ1) is 23.3. The highest BCUT2D eigenvalue weighted by Crippen LogP contribution is 2.43. The van der Waals surface area contributed by atoms with Crippen LogP contribution in [0.15, 0.2) is 90.4 Å². The summed E-state index contributed by atoms with van der Waals surface area (Å²) in [5.74, 6) is 0. The minimum absolute atomic E-state index is 0.00953. The maximum Gasteiger partial charge on any atom is 0.0880 e. The van der Waals surface area contributed by atoms with Gasteiger partial charge in [-0.05, 0) is 126 Å². The Labute approximate surface area is 303 Å². The third-order valence-electron chi connectivity index (χ3n) is 10.3. The Bertz CT molecular complexity index is 2410. The number of thiophene rings is 1. The van der Waals surface area contributed by atoms with Gasteiger partial charge in [-0.1, -0.05) is 107 Å². The average Bonchev–Trinajstić information content (AvgIpc) is 3.67. The summed E-state index contributed by atoms with van der Waals surface area (Å²) in [6, 6.07) is 30.5. The number of rotatable bonds is 3. The molecule has 4 aromatic carbocycles. The molecule has 0 saturated heterocycles. The predicted octanol–water partition coefficient (Wildman–Crippen LogP) is 14.1. The highest BCUT2D eigenvalue weighted by Gasteiger charge is 2.24. The normalized spacial score (nSPS) is 13.2. The van der Waals surface area contributed by atoms with E-state index in [9.17, 15) is 0 Å². The van der Waals surface area contributed by atoms with Gasteiger partial charge in [-0.3, -0.25) is 4.98 Å². The number of aromatic nitrogens is 2. The second-order valence-electron chi connectivity index (χ2n) is 18.4. The summed E-state index contributed by atoms with van der Waals surface area (Å²) in [4.78, 5) is 8.83. The molecule has 0 saturated carbocycles. The molecule has 50 heavy (non-hydrogen) atoms.